The van der Waals surface area contributed by atoms with Crippen molar-refractivity contribution in [3.8, 4) is 0 Å². The summed E-state index contributed by atoms with van der Waals surface area (Å²) in [5.41, 5.74) is 5.45. The first-order valence-corrected chi connectivity index (χ1v) is 7.37. The molecule has 16 heavy (non-hydrogen) atoms. The maximum absolute atomic E-state index is 12.2. The summed E-state index contributed by atoms with van der Waals surface area (Å²) < 4.78 is 26.1. The smallest absolute Gasteiger partial charge is 0.218 e. The summed E-state index contributed by atoms with van der Waals surface area (Å²) in [6.45, 7) is 1.81. The molecule has 0 aromatic carbocycles. The standard InChI is InChI=1S/C10H20N2O3S/c1-7(6-11)16(14,15)12-8-2-3-9(12)5-10(13)4-8/h7-10,13H,2-6,11H2,1H3. The lowest BCUT2D eigenvalue weighted by atomic mass is 10.0. The van der Waals surface area contributed by atoms with Gasteiger partial charge in [0.15, 0.2) is 0 Å². The molecule has 0 spiro atoms. The fourth-order valence-electron chi connectivity index (χ4n) is 2.85. The van der Waals surface area contributed by atoms with Crippen molar-refractivity contribution in [2.75, 3.05) is 6.54 Å². The van der Waals surface area contributed by atoms with Crippen LogP contribution in [-0.2, 0) is 10.0 Å². The number of sulfonamides is 1. The third kappa shape index (κ3) is 1.88. The lowest BCUT2D eigenvalue weighted by Crippen LogP contribution is -2.51. The van der Waals surface area contributed by atoms with Crippen molar-refractivity contribution < 1.29 is 13.5 Å². The second kappa shape index (κ2) is 4.25. The van der Waals surface area contributed by atoms with Crippen LogP contribution in [0.5, 0.6) is 0 Å². The van der Waals surface area contributed by atoms with Gasteiger partial charge in [-0.25, -0.2) is 8.42 Å². The van der Waals surface area contributed by atoms with Crippen LogP contribution in [0.2, 0.25) is 0 Å². The van der Waals surface area contributed by atoms with Crippen LogP contribution in [0.1, 0.15) is 32.6 Å². The number of rotatable bonds is 3. The summed E-state index contributed by atoms with van der Waals surface area (Å²) in [5.74, 6) is 0. The Morgan fingerprint density at radius 3 is 2.31 bits per heavy atom. The molecule has 0 radical (unpaired) electrons. The molecule has 6 heteroatoms. The molecule has 2 aliphatic heterocycles. The highest BCUT2D eigenvalue weighted by molar-refractivity contribution is 7.89. The molecule has 2 fully saturated rings. The van der Waals surface area contributed by atoms with Gasteiger partial charge in [0.1, 0.15) is 0 Å². The zero-order valence-electron chi connectivity index (χ0n) is 9.54. The second-order valence-corrected chi connectivity index (χ2v) is 7.19. The Bertz CT molecular complexity index is 343. The van der Waals surface area contributed by atoms with Gasteiger partial charge in [0.05, 0.1) is 11.4 Å². The molecule has 3 atom stereocenters. The number of aliphatic hydroxyl groups excluding tert-OH is 1. The summed E-state index contributed by atoms with van der Waals surface area (Å²) in [4.78, 5) is 0. The van der Waals surface area contributed by atoms with Crippen LogP contribution >= 0.6 is 0 Å². The van der Waals surface area contributed by atoms with Gasteiger partial charge >= 0.3 is 0 Å². The Labute approximate surface area is 96.7 Å². The lowest BCUT2D eigenvalue weighted by Gasteiger charge is -2.37. The minimum atomic E-state index is -3.27. The number of nitrogens with zero attached hydrogens (tertiary/aromatic N) is 1. The molecule has 2 aliphatic rings. The number of hydrogen-bond acceptors (Lipinski definition) is 4. The normalized spacial score (nSPS) is 37.6. The van der Waals surface area contributed by atoms with Crippen molar-refractivity contribution >= 4 is 10.0 Å². The van der Waals surface area contributed by atoms with Gasteiger partial charge in [0.2, 0.25) is 10.0 Å². The molecular formula is C10H20N2O3S. The van der Waals surface area contributed by atoms with Gasteiger partial charge in [0, 0.05) is 18.6 Å². The van der Waals surface area contributed by atoms with Crippen LogP contribution < -0.4 is 5.73 Å². The first-order chi connectivity index (χ1) is 7.46. The van der Waals surface area contributed by atoms with Gasteiger partial charge in [-0.3, -0.25) is 0 Å². The van der Waals surface area contributed by atoms with E-state index >= 15 is 0 Å². The Morgan fingerprint density at radius 1 is 1.38 bits per heavy atom. The van der Waals surface area contributed by atoms with E-state index in [2.05, 4.69) is 0 Å². The Kier molecular flexibility index (Phi) is 3.27. The summed E-state index contributed by atoms with van der Waals surface area (Å²) in [6, 6.07) is -0.0134. The zero-order valence-corrected chi connectivity index (χ0v) is 10.4. The Balaban J connectivity index is 2.23. The third-order valence-corrected chi connectivity index (χ3v) is 6.17. The number of fused-ring (bicyclic) bond motifs is 2. The minimum absolute atomic E-state index is 0.00671. The fourth-order valence-corrected chi connectivity index (χ4v) is 4.72. The molecule has 0 amide bonds. The molecule has 2 bridgehead atoms. The van der Waals surface area contributed by atoms with Gasteiger partial charge in [-0.1, -0.05) is 0 Å². The maximum Gasteiger partial charge on any atom is 0.218 e. The fraction of sp³-hybridized carbons (Fsp3) is 1.00. The highest BCUT2D eigenvalue weighted by Gasteiger charge is 2.47. The Morgan fingerprint density at radius 2 is 1.88 bits per heavy atom. The molecule has 0 aromatic heterocycles. The van der Waals surface area contributed by atoms with Crippen molar-refractivity contribution in [1.29, 1.82) is 0 Å². The van der Waals surface area contributed by atoms with E-state index < -0.39 is 15.3 Å². The largest absolute Gasteiger partial charge is 0.393 e. The van der Waals surface area contributed by atoms with E-state index in [4.69, 9.17) is 5.73 Å². The van der Waals surface area contributed by atoms with E-state index in [1.165, 1.54) is 0 Å². The second-order valence-electron chi connectivity index (χ2n) is 4.93. The zero-order chi connectivity index (χ0) is 11.9. The quantitative estimate of drug-likeness (QED) is 0.715. The van der Waals surface area contributed by atoms with E-state index in [0.29, 0.717) is 12.8 Å². The summed E-state index contributed by atoms with van der Waals surface area (Å²) in [5, 5.41) is 9.10. The van der Waals surface area contributed by atoms with Crippen LogP contribution in [0.25, 0.3) is 0 Å². The molecule has 2 rings (SSSR count). The number of nitrogens with two attached hydrogens (primary N) is 1. The number of hydrogen-bond donors (Lipinski definition) is 2. The molecule has 3 unspecified atom stereocenters. The molecule has 2 saturated heterocycles. The average molecular weight is 248 g/mol. The maximum atomic E-state index is 12.2. The van der Waals surface area contributed by atoms with Gasteiger partial charge in [-0.2, -0.15) is 4.31 Å². The van der Waals surface area contributed by atoms with Crippen molar-refractivity contribution in [3.05, 3.63) is 0 Å². The third-order valence-electron chi connectivity index (χ3n) is 3.78. The van der Waals surface area contributed by atoms with E-state index in [9.17, 15) is 13.5 Å². The van der Waals surface area contributed by atoms with Crippen LogP contribution in [0, 0.1) is 0 Å². The predicted octanol–water partition coefficient (Wildman–Crippen LogP) is -0.349. The van der Waals surface area contributed by atoms with E-state index in [1.807, 2.05) is 0 Å². The Hall–Kier alpha value is -0.170. The highest BCUT2D eigenvalue weighted by atomic mass is 32.2. The molecule has 0 aliphatic carbocycles. The van der Waals surface area contributed by atoms with E-state index in [-0.39, 0.29) is 24.7 Å². The van der Waals surface area contributed by atoms with Crippen LogP contribution in [0.15, 0.2) is 0 Å². The average Bonchev–Trinajstić information content (AvgIpc) is 2.51. The van der Waals surface area contributed by atoms with E-state index in [1.54, 1.807) is 11.2 Å². The van der Waals surface area contributed by atoms with Gasteiger partial charge in [-0.15, -0.1) is 0 Å². The molecule has 0 aromatic rings. The molecule has 3 N–H and O–H groups in total. The van der Waals surface area contributed by atoms with Crippen molar-refractivity contribution in [3.63, 3.8) is 0 Å². The summed E-state index contributed by atoms with van der Waals surface area (Å²) in [7, 11) is -3.27. The monoisotopic (exact) mass is 248 g/mol. The van der Waals surface area contributed by atoms with Crippen LogP contribution in [0.3, 0.4) is 0 Å². The number of aliphatic hydroxyl groups is 1. The molecule has 2 heterocycles. The molecule has 0 saturated carbocycles. The predicted molar refractivity (Wildman–Crippen MR) is 61.3 cm³/mol. The minimum Gasteiger partial charge on any atom is -0.393 e. The van der Waals surface area contributed by atoms with Crippen molar-refractivity contribution in [1.82, 2.24) is 4.31 Å². The topological polar surface area (TPSA) is 83.6 Å². The van der Waals surface area contributed by atoms with Gasteiger partial charge in [-0.05, 0) is 32.6 Å². The van der Waals surface area contributed by atoms with E-state index in [0.717, 1.165) is 12.8 Å². The first-order valence-electron chi connectivity index (χ1n) is 5.87. The highest BCUT2D eigenvalue weighted by Crippen LogP contribution is 2.38. The number of piperidine rings is 1. The molecular weight excluding hydrogens is 228 g/mol. The van der Waals surface area contributed by atoms with Crippen LogP contribution in [0.4, 0.5) is 0 Å². The lowest BCUT2D eigenvalue weighted by molar-refractivity contribution is 0.0765. The van der Waals surface area contributed by atoms with Crippen LogP contribution in [-0.4, -0.2) is 47.8 Å². The first kappa shape index (κ1) is 12.3. The molecule has 94 valence electrons. The SMILES string of the molecule is CC(CN)S(=O)(=O)N1C2CCC1CC(O)C2. The summed E-state index contributed by atoms with van der Waals surface area (Å²) >= 11 is 0. The summed E-state index contributed by atoms with van der Waals surface area (Å²) in [6.07, 6.45) is 2.56. The van der Waals surface area contributed by atoms with Gasteiger partial charge in [0.25, 0.3) is 0 Å². The van der Waals surface area contributed by atoms with Gasteiger partial charge < -0.3 is 10.8 Å². The van der Waals surface area contributed by atoms with Crippen molar-refractivity contribution in [2.45, 2.75) is 56.0 Å². The molecule has 5 nitrogen and oxygen atoms in total. The van der Waals surface area contributed by atoms with Crippen molar-refractivity contribution in [2.24, 2.45) is 5.73 Å².